The van der Waals surface area contributed by atoms with Crippen molar-refractivity contribution in [3.05, 3.63) is 30.1 Å². The summed E-state index contributed by atoms with van der Waals surface area (Å²) in [7, 11) is 0. The molecule has 1 N–H and O–H groups in total. The van der Waals surface area contributed by atoms with Gasteiger partial charge in [-0.3, -0.25) is 14.6 Å². The maximum atomic E-state index is 12.1. The van der Waals surface area contributed by atoms with Crippen LogP contribution in [0.2, 0.25) is 0 Å². The van der Waals surface area contributed by atoms with Gasteiger partial charge in [0.1, 0.15) is 0 Å². The van der Waals surface area contributed by atoms with E-state index in [-0.39, 0.29) is 17.4 Å². The Morgan fingerprint density at radius 1 is 1.42 bits per heavy atom. The minimum Gasteiger partial charge on any atom is -0.481 e. The summed E-state index contributed by atoms with van der Waals surface area (Å²) in [5, 5.41) is 8.57. The Kier molecular flexibility index (Phi) is 4.79. The number of amides is 1. The van der Waals surface area contributed by atoms with Crippen LogP contribution in [0.3, 0.4) is 0 Å². The molecule has 5 nitrogen and oxygen atoms in total. The SMILES string of the molecule is O=C(O)CSCC(=O)N(Cc1cccnc1)C1CC1. The molecule has 0 atom stereocenters. The topological polar surface area (TPSA) is 70.5 Å². The molecule has 0 unspecified atom stereocenters. The molecular weight excluding hydrogens is 264 g/mol. The standard InChI is InChI=1S/C13H16N2O3S/c16-12(8-19-9-13(17)18)15(11-3-4-11)7-10-2-1-5-14-6-10/h1-2,5-6,11H,3-4,7-9H2,(H,17,18). The van der Waals surface area contributed by atoms with Crippen LogP contribution in [-0.2, 0) is 16.1 Å². The first-order valence-electron chi connectivity index (χ1n) is 6.14. The molecule has 1 heterocycles. The molecule has 1 aliphatic rings. The highest BCUT2D eigenvalue weighted by molar-refractivity contribution is 8.00. The van der Waals surface area contributed by atoms with E-state index >= 15 is 0 Å². The van der Waals surface area contributed by atoms with Gasteiger partial charge in [0.15, 0.2) is 0 Å². The normalized spacial score (nSPS) is 14.1. The molecule has 1 fully saturated rings. The first-order chi connectivity index (χ1) is 9.16. The number of pyridine rings is 1. The highest BCUT2D eigenvalue weighted by Gasteiger charge is 2.32. The fraction of sp³-hybridized carbons (Fsp3) is 0.462. The molecule has 0 saturated heterocycles. The molecule has 2 rings (SSSR count). The van der Waals surface area contributed by atoms with Crippen LogP contribution in [0.4, 0.5) is 0 Å². The van der Waals surface area contributed by atoms with Crippen molar-refractivity contribution in [1.82, 2.24) is 9.88 Å². The van der Waals surface area contributed by atoms with Crippen molar-refractivity contribution in [1.29, 1.82) is 0 Å². The number of aromatic nitrogens is 1. The zero-order valence-electron chi connectivity index (χ0n) is 10.5. The third-order valence-corrected chi connectivity index (χ3v) is 3.74. The van der Waals surface area contributed by atoms with Gasteiger partial charge in [0.2, 0.25) is 5.91 Å². The minimum absolute atomic E-state index is 0.0117. The number of hydrogen-bond donors (Lipinski definition) is 1. The Balaban J connectivity index is 1.89. The van der Waals surface area contributed by atoms with Crippen LogP contribution < -0.4 is 0 Å². The molecule has 0 bridgehead atoms. The highest BCUT2D eigenvalue weighted by atomic mass is 32.2. The van der Waals surface area contributed by atoms with Crippen molar-refractivity contribution >= 4 is 23.6 Å². The van der Waals surface area contributed by atoms with Gasteiger partial charge < -0.3 is 10.0 Å². The smallest absolute Gasteiger partial charge is 0.313 e. The summed E-state index contributed by atoms with van der Waals surface area (Å²) < 4.78 is 0. The average molecular weight is 280 g/mol. The molecule has 0 spiro atoms. The van der Waals surface area contributed by atoms with Crippen molar-refractivity contribution in [3.63, 3.8) is 0 Å². The summed E-state index contributed by atoms with van der Waals surface area (Å²) in [6.45, 7) is 0.560. The Morgan fingerprint density at radius 2 is 2.21 bits per heavy atom. The van der Waals surface area contributed by atoms with E-state index in [2.05, 4.69) is 4.98 Å². The van der Waals surface area contributed by atoms with Gasteiger partial charge in [-0.2, -0.15) is 0 Å². The third kappa shape index (κ3) is 4.55. The van der Waals surface area contributed by atoms with Gasteiger partial charge in [0.05, 0.1) is 11.5 Å². The first kappa shape index (κ1) is 13.9. The predicted octanol–water partition coefficient (Wildman–Crippen LogP) is 1.39. The van der Waals surface area contributed by atoms with Gasteiger partial charge in [0, 0.05) is 25.0 Å². The number of rotatable bonds is 7. The third-order valence-electron chi connectivity index (χ3n) is 2.83. The van der Waals surface area contributed by atoms with Gasteiger partial charge in [-0.15, -0.1) is 11.8 Å². The largest absolute Gasteiger partial charge is 0.481 e. The summed E-state index contributed by atoms with van der Waals surface area (Å²) >= 11 is 1.15. The fourth-order valence-corrected chi connectivity index (χ4v) is 2.42. The summed E-state index contributed by atoms with van der Waals surface area (Å²) in [4.78, 5) is 28.4. The Morgan fingerprint density at radius 3 is 2.79 bits per heavy atom. The fourth-order valence-electron chi connectivity index (χ4n) is 1.80. The van der Waals surface area contributed by atoms with Crippen molar-refractivity contribution in [3.8, 4) is 0 Å². The average Bonchev–Trinajstić information content (AvgIpc) is 3.21. The van der Waals surface area contributed by atoms with E-state index in [0.29, 0.717) is 12.6 Å². The van der Waals surface area contributed by atoms with Gasteiger partial charge in [-0.1, -0.05) is 6.07 Å². The van der Waals surface area contributed by atoms with E-state index in [1.807, 2.05) is 17.0 Å². The molecule has 1 amide bonds. The lowest BCUT2D eigenvalue weighted by atomic mass is 10.2. The van der Waals surface area contributed by atoms with E-state index in [0.717, 1.165) is 30.2 Å². The molecule has 1 aromatic rings. The van der Waals surface area contributed by atoms with Gasteiger partial charge in [-0.05, 0) is 24.5 Å². The van der Waals surface area contributed by atoms with Gasteiger partial charge >= 0.3 is 5.97 Å². The molecule has 6 heteroatoms. The Hall–Kier alpha value is -1.56. The van der Waals surface area contributed by atoms with Crippen molar-refractivity contribution in [2.75, 3.05) is 11.5 Å². The summed E-state index contributed by atoms with van der Waals surface area (Å²) in [5.41, 5.74) is 1.01. The van der Waals surface area contributed by atoms with E-state index in [1.54, 1.807) is 12.4 Å². The van der Waals surface area contributed by atoms with E-state index in [1.165, 1.54) is 0 Å². The van der Waals surface area contributed by atoms with Gasteiger partial charge in [0.25, 0.3) is 0 Å². The van der Waals surface area contributed by atoms with Crippen molar-refractivity contribution in [2.45, 2.75) is 25.4 Å². The van der Waals surface area contributed by atoms with E-state index < -0.39 is 5.97 Å². The number of aliphatic carboxylic acids is 1. The molecule has 1 aromatic heterocycles. The zero-order chi connectivity index (χ0) is 13.7. The number of carbonyl (C=O) groups is 2. The van der Waals surface area contributed by atoms with Crippen LogP contribution in [0.25, 0.3) is 0 Å². The van der Waals surface area contributed by atoms with E-state index in [9.17, 15) is 9.59 Å². The lowest BCUT2D eigenvalue weighted by molar-refractivity contribution is -0.133. The van der Waals surface area contributed by atoms with Crippen LogP contribution >= 0.6 is 11.8 Å². The number of thioether (sulfide) groups is 1. The number of nitrogens with zero attached hydrogens (tertiary/aromatic N) is 2. The maximum absolute atomic E-state index is 12.1. The first-order valence-corrected chi connectivity index (χ1v) is 7.30. The molecule has 102 valence electrons. The summed E-state index contributed by atoms with van der Waals surface area (Å²) in [6.07, 6.45) is 5.54. The number of carbonyl (C=O) groups excluding carboxylic acids is 1. The lowest BCUT2D eigenvalue weighted by Crippen LogP contribution is -2.34. The predicted molar refractivity (Wildman–Crippen MR) is 72.8 cm³/mol. The summed E-state index contributed by atoms with van der Waals surface area (Å²) in [6, 6.07) is 4.11. The zero-order valence-corrected chi connectivity index (χ0v) is 11.3. The molecule has 1 saturated carbocycles. The number of carboxylic acid groups (broad SMARTS) is 1. The second-order valence-corrected chi connectivity index (χ2v) is 5.49. The molecule has 19 heavy (non-hydrogen) atoms. The molecule has 0 aromatic carbocycles. The lowest BCUT2D eigenvalue weighted by Gasteiger charge is -2.22. The van der Waals surface area contributed by atoms with Crippen LogP contribution in [0.1, 0.15) is 18.4 Å². The van der Waals surface area contributed by atoms with Crippen molar-refractivity contribution in [2.24, 2.45) is 0 Å². The number of hydrogen-bond acceptors (Lipinski definition) is 4. The molecular formula is C13H16N2O3S. The second-order valence-electron chi connectivity index (χ2n) is 4.50. The van der Waals surface area contributed by atoms with Crippen LogP contribution in [0.15, 0.2) is 24.5 Å². The molecule has 0 radical (unpaired) electrons. The molecule has 0 aliphatic heterocycles. The van der Waals surface area contributed by atoms with Crippen LogP contribution in [0, 0.1) is 0 Å². The quantitative estimate of drug-likeness (QED) is 0.817. The van der Waals surface area contributed by atoms with Crippen LogP contribution in [-0.4, -0.2) is 44.4 Å². The van der Waals surface area contributed by atoms with E-state index in [4.69, 9.17) is 5.11 Å². The van der Waals surface area contributed by atoms with Crippen LogP contribution in [0.5, 0.6) is 0 Å². The van der Waals surface area contributed by atoms with Gasteiger partial charge in [-0.25, -0.2) is 0 Å². The highest BCUT2D eigenvalue weighted by Crippen LogP contribution is 2.28. The maximum Gasteiger partial charge on any atom is 0.313 e. The Labute approximate surface area is 116 Å². The minimum atomic E-state index is -0.886. The van der Waals surface area contributed by atoms with Crippen molar-refractivity contribution < 1.29 is 14.7 Å². The molecule has 1 aliphatic carbocycles. The second kappa shape index (κ2) is 6.56. The number of carboxylic acids is 1. The summed E-state index contributed by atoms with van der Waals surface area (Å²) in [5.74, 6) is -0.680. The Bertz CT molecular complexity index is 448. The monoisotopic (exact) mass is 280 g/mol.